The number of nitrogens with one attached hydrogen (secondary N) is 2. The van der Waals surface area contributed by atoms with Gasteiger partial charge in [-0.1, -0.05) is 19.9 Å². The number of hydrogen-bond acceptors (Lipinski definition) is 4. The first-order chi connectivity index (χ1) is 12.6. The van der Waals surface area contributed by atoms with Crippen LogP contribution in [-0.2, 0) is 16.6 Å². The second kappa shape index (κ2) is 7.34. The summed E-state index contributed by atoms with van der Waals surface area (Å²) in [6.45, 7) is 11.5. The van der Waals surface area contributed by atoms with Crippen molar-refractivity contribution in [2.45, 2.75) is 70.9 Å². The highest BCUT2D eigenvalue weighted by molar-refractivity contribution is 5.67. The zero-order chi connectivity index (χ0) is 19.8. The zero-order valence-electron chi connectivity index (χ0n) is 17.3. The fraction of sp³-hybridized carbons (Fsp3) is 0.682. The van der Waals surface area contributed by atoms with Crippen LogP contribution >= 0.6 is 0 Å². The Morgan fingerprint density at radius 3 is 2.78 bits per heavy atom. The third-order valence-electron chi connectivity index (χ3n) is 6.29. The van der Waals surface area contributed by atoms with E-state index in [1.54, 1.807) is 6.07 Å². The summed E-state index contributed by atoms with van der Waals surface area (Å²) in [7, 11) is 0. The maximum atomic E-state index is 11.8. The van der Waals surface area contributed by atoms with Crippen LogP contribution in [0.15, 0.2) is 18.2 Å². The van der Waals surface area contributed by atoms with Crippen LogP contribution in [0.1, 0.15) is 58.6 Å². The molecule has 150 valence electrons. The predicted octanol–water partition coefficient (Wildman–Crippen LogP) is 3.74. The van der Waals surface area contributed by atoms with E-state index in [2.05, 4.69) is 30.5 Å². The quantitative estimate of drug-likeness (QED) is 0.702. The van der Waals surface area contributed by atoms with Crippen LogP contribution in [0.25, 0.3) is 0 Å². The van der Waals surface area contributed by atoms with Gasteiger partial charge in [0.25, 0.3) is 0 Å². The van der Waals surface area contributed by atoms with Crippen molar-refractivity contribution in [2.75, 3.05) is 13.1 Å². The number of hydrogen-bond donors (Lipinski definition) is 3. The summed E-state index contributed by atoms with van der Waals surface area (Å²) in [4.78, 5) is 11.8. The number of phenolic OH excluding ortho intramolecular Hbond substituents is 1. The largest absolute Gasteiger partial charge is 0.508 e. The Labute approximate surface area is 162 Å². The molecule has 1 saturated carbocycles. The first kappa shape index (κ1) is 20.0. The molecule has 3 N–H and O–H groups in total. The summed E-state index contributed by atoms with van der Waals surface area (Å²) < 4.78 is 5.30. The van der Waals surface area contributed by atoms with Gasteiger partial charge in [0, 0.05) is 24.5 Å². The van der Waals surface area contributed by atoms with Gasteiger partial charge in [0.1, 0.15) is 11.4 Å². The number of alkyl carbamates (subject to hydrolysis) is 1. The van der Waals surface area contributed by atoms with Gasteiger partial charge in [-0.2, -0.15) is 0 Å². The molecule has 0 aliphatic heterocycles. The topological polar surface area (TPSA) is 70.6 Å². The Morgan fingerprint density at radius 1 is 1.33 bits per heavy atom. The Kier molecular flexibility index (Phi) is 5.44. The fourth-order valence-corrected chi connectivity index (χ4v) is 4.93. The molecule has 27 heavy (non-hydrogen) atoms. The highest BCUT2D eigenvalue weighted by Gasteiger charge is 2.49. The van der Waals surface area contributed by atoms with Crippen molar-refractivity contribution in [3.8, 4) is 5.75 Å². The van der Waals surface area contributed by atoms with Crippen molar-refractivity contribution >= 4 is 6.09 Å². The minimum atomic E-state index is -0.480. The number of aromatic hydroxyl groups is 1. The lowest BCUT2D eigenvalue weighted by Crippen LogP contribution is -2.60. The molecular formula is C22H34N2O3. The van der Waals surface area contributed by atoms with E-state index in [1.165, 1.54) is 17.5 Å². The van der Waals surface area contributed by atoms with E-state index in [-0.39, 0.29) is 11.5 Å². The number of fused-ring (bicyclic) bond motifs is 4. The van der Waals surface area contributed by atoms with Gasteiger partial charge in [0.05, 0.1) is 0 Å². The summed E-state index contributed by atoms with van der Waals surface area (Å²) in [5.74, 6) is 1.58. The van der Waals surface area contributed by atoms with E-state index in [0.717, 1.165) is 12.8 Å². The molecule has 0 saturated heterocycles. The lowest BCUT2D eigenvalue weighted by atomic mass is 9.54. The highest BCUT2D eigenvalue weighted by Crippen LogP contribution is 2.51. The van der Waals surface area contributed by atoms with Gasteiger partial charge in [-0.3, -0.25) is 0 Å². The molecule has 1 fully saturated rings. The molecule has 0 heterocycles. The van der Waals surface area contributed by atoms with Crippen LogP contribution in [-0.4, -0.2) is 35.9 Å². The minimum Gasteiger partial charge on any atom is -0.508 e. The summed E-state index contributed by atoms with van der Waals surface area (Å²) >= 11 is 0. The van der Waals surface area contributed by atoms with Crippen LogP contribution < -0.4 is 10.6 Å². The van der Waals surface area contributed by atoms with Crippen LogP contribution in [0.3, 0.4) is 0 Å². The number of phenols is 1. The Hall–Kier alpha value is -1.75. The van der Waals surface area contributed by atoms with Crippen molar-refractivity contribution < 1.29 is 14.6 Å². The Bertz CT molecular complexity index is 697. The van der Waals surface area contributed by atoms with E-state index in [0.29, 0.717) is 36.7 Å². The molecule has 1 unspecified atom stereocenters. The molecule has 1 aromatic rings. The molecule has 5 nitrogen and oxygen atoms in total. The van der Waals surface area contributed by atoms with Crippen molar-refractivity contribution in [2.24, 2.45) is 11.8 Å². The number of benzene rings is 1. The Morgan fingerprint density at radius 2 is 2.07 bits per heavy atom. The first-order valence-electron chi connectivity index (χ1n) is 10.1. The minimum absolute atomic E-state index is 0.00934. The van der Waals surface area contributed by atoms with Gasteiger partial charge in [0.2, 0.25) is 0 Å². The predicted molar refractivity (Wildman–Crippen MR) is 107 cm³/mol. The molecule has 5 heteroatoms. The zero-order valence-corrected chi connectivity index (χ0v) is 17.3. The van der Waals surface area contributed by atoms with Crippen LogP contribution in [0.4, 0.5) is 4.79 Å². The second-order valence-electron chi connectivity index (χ2n) is 9.50. The van der Waals surface area contributed by atoms with Crippen molar-refractivity contribution in [1.82, 2.24) is 10.6 Å². The number of ether oxygens (including phenoxy) is 1. The number of rotatable bonds is 4. The van der Waals surface area contributed by atoms with Gasteiger partial charge in [-0.15, -0.1) is 0 Å². The lowest BCUT2D eigenvalue weighted by molar-refractivity contribution is 0.0522. The van der Waals surface area contributed by atoms with E-state index in [4.69, 9.17) is 4.74 Å². The van der Waals surface area contributed by atoms with Gasteiger partial charge < -0.3 is 20.5 Å². The maximum absolute atomic E-state index is 11.8. The van der Waals surface area contributed by atoms with Crippen molar-refractivity contribution in [3.63, 3.8) is 0 Å². The Balaban J connectivity index is 1.67. The normalized spacial score (nSPS) is 29.7. The SMILES string of the molecule is CC1CC[C@]2(C)c3cc(O)ccc3C[C@@H]1[C@H]2NCCNC(=O)OC(C)(C)C. The fourth-order valence-electron chi connectivity index (χ4n) is 4.93. The van der Waals surface area contributed by atoms with Crippen LogP contribution in [0.5, 0.6) is 5.75 Å². The highest BCUT2D eigenvalue weighted by atomic mass is 16.6. The van der Waals surface area contributed by atoms with E-state index in [1.807, 2.05) is 26.8 Å². The lowest BCUT2D eigenvalue weighted by Gasteiger charge is -2.54. The third kappa shape index (κ3) is 4.23. The standard InChI is InChI=1S/C22H34N2O3/c1-14-8-9-22(5)18-13-16(25)7-6-15(18)12-17(14)19(22)23-10-11-24-20(26)27-21(2,3)4/h6-7,13-14,17,19,23,25H,8-12H2,1-5H3,(H,24,26)/t14?,17-,19+,22+/m0/s1. The van der Waals surface area contributed by atoms with Gasteiger partial charge in [0.15, 0.2) is 0 Å². The molecule has 1 amide bonds. The summed E-state index contributed by atoms with van der Waals surface area (Å²) in [5, 5.41) is 16.6. The summed E-state index contributed by atoms with van der Waals surface area (Å²) in [5.41, 5.74) is 2.18. The molecule has 4 atom stereocenters. The van der Waals surface area contributed by atoms with E-state index >= 15 is 0 Å². The monoisotopic (exact) mass is 374 g/mol. The number of amides is 1. The molecule has 1 aromatic carbocycles. The molecule has 0 aromatic heterocycles. The van der Waals surface area contributed by atoms with Crippen molar-refractivity contribution in [1.29, 1.82) is 0 Å². The van der Waals surface area contributed by atoms with Crippen molar-refractivity contribution in [3.05, 3.63) is 29.3 Å². The average Bonchev–Trinajstić information content (AvgIpc) is 2.56. The third-order valence-corrected chi connectivity index (χ3v) is 6.29. The molecule has 3 rings (SSSR count). The maximum Gasteiger partial charge on any atom is 0.407 e. The molecular weight excluding hydrogens is 340 g/mol. The first-order valence-corrected chi connectivity index (χ1v) is 10.1. The molecule has 2 aliphatic rings. The molecule has 2 bridgehead atoms. The molecule has 0 radical (unpaired) electrons. The number of carbonyl (C=O) groups is 1. The van der Waals surface area contributed by atoms with Gasteiger partial charge in [-0.05, 0) is 75.1 Å². The van der Waals surface area contributed by atoms with Gasteiger partial charge >= 0.3 is 6.09 Å². The van der Waals surface area contributed by atoms with Crippen LogP contribution in [0.2, 0.25) is 0 Å². The second-order valence-corrected chi connectivity index (χ2v) is 9.50. The van der Waals surface area contributed by atoms with E-state index < -0.39 is 5.60 Å². The summed E-state index contributed by atoms with van der Waals surface area (Å²) in [6, 6.07) is 6.20. The number of carbonyl (C=O) groups excluding carboxylic acids is 1. The average molecular weight is 375 g/mol. The summed E-state index contributed by atoms with van der Waals surface area (Å²) in [6.07, 6.45) is 3.00. The van der Waals surface area contributed by atoms with E-state index in [9.17, 15) is 9.90 Å². The van der Waals surface area contributed by atoms with Crippen LogP contribution in [0, 0.1) is 11.8 Å². The van der Waals surface area contributed by atoms with Gasteiger partial charge in [-0.25, -0.2) is 4.79 Å². The molecule has 2 aliphatic carbocycles. The molecule has 0 spiro atoms. The smallest absolute Gasteiger partial charge is 0.407 e.